The average Bonchev–Trinajstić information content (AvgIpc) is 3.05. The molecule has 1 aliphatic rings. The quantitative estimate of drug-likeness (QED) is 0.151. The van der Waals surface area contributed by atoms with Crippen LogP contribution >= 0.6 is 0 Å². The van der Waals surface area contributed by atoms with E-state index >= 15 is 0 Å². The van der Waals surface area contributed by atoms with Crippen molar-refractivity contribution in [1.29, 1.82) is 0 Å². The van der Waals surface area contributed by atoms with Crippen LogP contribution in [0.1, 0.15) is 63.1 Å². The summed E-state index contributed by atoms with van der Waals surface area (Å²) in [4.78, 5) is 51.3. The highest BCUT2D eigenvalue weighted by Crippen LogP contribution is 2.42. The summed E-state index contributed by atoms with van der Waals surface area (Å²) in [5.74, 6) is -6.90. The molecule has 11 nitrogen and oxygen atoms in total. The van der Waals surface area contributed by atoms with Crippen molar-refractivity contribution in [2.24, 2.45) is 5.92 Å². The molecule has 47 heavy (non-hydrogen) atoms. The minimum atomic E-state index is -3.96. The second-order valence-corrected chi connectivity index (χ2v) is 12.3. The first kappa shape index (κ1) is 37.0. The van der Waals surface area contributed by atoms with Gasteiger partial charge in [-0.05, 0) is 58.5 Å². The smallest absolute Gasteiger partial charge is 0.348 e. The summed E-state index contributed by atoms with van der Waals surface area (Å²) >= 11 is 0. The Labute approximate surface area is 274 Å². The molecule has 4 atom stereocenters. The normalized spacial score (nSPS) is 20.1. The van der Waals surface area contributed by atoms with Gasteiger partial charge in [0.2, 0.25) is 11.6 Å². The van der Waals surface area contributed by atoms with Crippen molar-refractivity contribution in [3.63, 3.8) is 0 Å². The summed E-state index contributed by atoms with van der Waals surface area (Å²) in [6.45, 7) is 4.30. The van der Waals surface area contributed by atoms with Crippen LogP contribution in [-0.4, -0.2) is 92.9 Å². The number of ketones is 2. The van der Waals surface area contributed by atoms with E-state index in [-0.39, 0.29) is 11.1 Å². The molecule has 1 aliphatic carbocycles. The first-order valence-electron chi connectivity index (χ1n) is 15.2. The van der Waals surface area contributed by atoms with Gasteiger partial charge in [-0.2, -0.15) is 0 Å². The molecule has 3 aromatic carbocycles. The van der Waals surface area contributed by atoms with E-state index < -0.39 is 40.3 Å². The van der Waals surface area contributed by atoms with Crippen molar-refractivity contribution in [3.8, 4) is 5.75 Å². The van der Waals surface area contributed by atoms with E-state index in [0.717, 1.165) is 61.4 Å². The van der Waals surface area contributed by atoms with E-state index in [1.165, 1.54) is 30.7 Å². The molecule has 0 aliphatic heterocycles. The van der Waals surface area contributed by atoms with Gasteiger partial charge in [-0.25, -0.2) is 9.59 Å². The van der Waals surface area contributed by atoms with E-state index in [0.29, 0.717) is 17.0 Å². The van der Waals surface area contributed by atoms with Crippen LogP contribution in [0.4, 0.5) is 0 Å². The SMILES string of the molecule is COc1cccc([C@@]2(O)CCCC[C@@H]2CN(C)C)c1.Cc1ccc(C(=O)C(O)(C(=O)O)C(O)(C(=O)O)C(=O)c2ccc(C)cc2)cc1. The number of nitrogens with zero attached hydrogens (tertiary/aromatic N) is 1. The van der Waals surface area contributed by atoms with Crippen LogP contribution in [0.25, 0.3) is 0 Å². The molecule has 0 aromatic heterocycles. The van der Waals surface area contributed by atoms with Crippen molar-refractivity contribution in [3.05, 3.63) is 101 Å². The molecule has 252 valence electrons. The van der Waals surface area contributed by atoms with Gasteiger partial charge in [0.25, 0.3) is 11.2 Å². The molecule has 0 saturated heterocycles. The fourth-order valence-corrected chi connectivity index (χ4v) is 5.84. The van der Waals surface area contributed by atoms with Crippen molar-refractivity contribution in [2.45, 2.75) is 56.3 Å². The van der Waals surface area contributed by atoms with Crippen molar-refractivity contribution in [1.82, 2.24) is 4.90 Å². The van der Waals surface area contributed by atoms with E-state index in [9.17, 15) is 44.7 Å². The molecular formula is C36H43NO10. The molecule has 5 N–H and O–H groups in total. The summed E-state index contributed by atoms with van der Waals surface area (Å²) < 4.78 is 5.29. The number of aliphatic hydroxyl groups is 3. The van der Waals surface area contributed by atoms with Crippen LogP contribution in [0, 0.1) is 19.8 Å². The summed E-state index contributed by atoms with van der Waals surface area (Å²) in [7, 11) is 5.81. The number of carboxylic acids is 2. The number of methoxy groups -OCH3 is 1. The van der Waals surface area contributed by atoms with Crippen molar-refractivity contribution < 1.29 is 49.4 Å². The van der Waals surface area contributed by atoms with Gasteiger partial charge in [-0.1, -0.05) is 84.6 Å². The zero-order valence-electron chi connectivity index (χ0n) is 27.3. The van der Waals surface area contributed by atoms with Gasteiger partial charge < -0.3 is 35.2 Å². The Morgan fingerprint density at radius 1 is 0.809 bits per heavy atom. The molecule has 0 spiro atoms. The monoisotopic (exact) mass is 649 g/mol. The van der Waals surface area contributed by atoms with Gasteiger partial charge in [0, 0.05) is 23.6 Å². The number of carboxylic acid groups (broad SMARTS) is 2. The van der Waals surface area contributed by atoms with Gasteiger partial charge in [0.1, 0.15) is 5.75 Å². The van der Waals surface area contributed by atoms with Crippen LogP contribution in [-0.2, 0) is 15.2 Å². The van der Waals surface area contributed by atoms with Crippen molar-refractivity contribution >= 4 is 23.5 Å². The third-order valence-corrected chi connectivity index (χ3v) is 8.62. The Bertz CT molecular complexity index is 1510. The summed E-state index contributed by atoms with van der Waals surface area (Å²) in [5.41, 5.74) is -6.99. The van der Waals surface area contributed by atoms with Crippen LogP contribution in [0.3, 0.4) is 0 Å². The number of hydrogen-bond donors (Lipinski definition) is 5. The molecule has 11 heteroatoms. The highest BCUT2D eigenvalue weighted by atomic mass is 16.5. The number of benzene rings is 3. The minimum Gasteiger partial charge on any atom is -0.497 e. The number of carbonyl (C=O) groups is 4. The van der Waals surface area contributed by atoms with E-state index in [1.54, 1.807) is 21.0 Å². The zero-order chi connectivity index (χ0) is 35.2. The third-order valence-electron chi connectivity index (χ3n) is 8.62. The van der Waals surface area contributed by atoms with Crippen LogP contribution in [0.2, 0.25) is 0 Å². The second kappa shape index (κ2) is 15.0. The molecule has 4 rings (SSSR count). The van der Waals surface area contributed by atoms with Gasteiger partial charge in [-0.15, -0.1) is 0 Å². The largest absolute Gasteiger partial charge is 0.497 e. The van der Waals surface area contributed by atoms with Gasteiger partial charge >= 0.3 is 11.9 Å². The molecule has 3 aromatic rings. The number of aliphatic carboxylic acids is 2. The molecule has 1 fully saturated rings. The van der Waals surface area contributed by atoms with Gasteiger partial charge in [0.15, 0.2) is 0 Å². The second-order valence-electron chi connectivity index (χ2n) is 12.3. The zero-order valence-corrected chi connectivity index (χ0v) is 27.3. The molecular weight excluding hydrogens is 606 g/mol. The molecule has 0 amide bonds. The Balaban J connectivity index is 0.000000274. The van der Waals surface area contributed by atoms with Crippen LogP contribution < -0.4 is 4.74 Å². The highest BCUT2D eigenvalue weighted by molar-refractivity contribution is 6.28. The third kappa shape index (κ3) is 7.60. The van der Waals surface area contributed by atoms with E-state index in [2.05, 4.69) is 19.0 Å². The number of carbonyl (C=O) groups excluding carboxylic acids is 2. The lowest BCUT2D eigenvalue weighted by molar-refractivity contribution is -0.187. The van der Waals surface area contributed by atoms with Gasteiger partial charge in [0.05, 0.1) is 12.7 Å². The maximum atomic E-state index is 12.8. The maximum Gasteiger partial charge on any atom is 0.348 e. The number of Topliss-reactive ketones (excluding diaryl/α,β-unsaturated/α-hetero) is 2. The van der Waals surface area contributed by atoms with Gasteiger partial charge in [-0.3, -0.25) is 9.59 Å². The maximum absolute atomic E-state index is 12.8. The standard InChI is InChI=1S/C20H18O8.C16H25NO2/c1-11-3-7-13(8-4-11)15(21)19(27,17(23)24)20(28,18(25)26)16(22)14-9-5-12(2)6-10-14;1-17(2)12-14-7-4-5-10-16(14,18)13-8-6-9-15(11-13)19-3/h3-10,27-28H,1-2H3,(H,23,24)(H,25,26);6,8-9,11,14,18H,4-5,7,10,12H2,1-3H3/t;14-,16+/m.1/s1. The van der Waals surface area contributed by atoms with E-state index in [1.807, 2.05) is 24.3 Å². The first-order chi connectivity index (χ1) is 22.0. The van der Waals surface area contributed by atoms with Crippen LogP contribution in [0.5, 0.6) is 5.75 Å². The number of hydrogen-bond acceptors (Lipinski definition) is 9. The predicted octanol–water partition coefficient (Wildman–Crippen LogP) is 3.64. The Hall–Kier alpha value is -4.42. The Morgan fingerprint density at radius 2 is 1.28 bits per heavy atom. The summed E-state index contributed by atoms with van der Waals surface area (Å²) in [6, 6.07) is 18.2. The summed E-state index contributed by atoms with van der Waals surface area (Å²) in [6.07, 6.45) is 4.24. The predicted molar refractivity (Wildman–Crippen MR) is 174 cm³/mol. The number of ether oxygens (including phenoxy) is 1. The Morgan fingerprint density at radius 3 is 1.68 bits per heavy atom. The molecule has 1 saturated carbocycles. The number of aryl methyl sites for hydroxylation is 2. The first-order valence-corrected chi connectivity index (χ1v) is 15.2. The molecule has 0 bridgehead atoms. The van der Waals surface area contributed by atoms with E-state index in [4.69, 9.17) is 4.74 Å². The Kier molecular flexibility index (Phi) is 11.8. The lowest BCUT2D eigenvalue weighted by atomic mass is 9.71. The highest BCUT2D eigenvalue weighted by Gasteiger charge is 2.69. The lowest BCUT2D eigenvalue weighted by Crippen LogP contribution is -2.71. The lowest BCUT2D eigenvalue weighted by Gasteiger charge is -2.41. The number of rotatable bonds is 11. The molecule has 2 unspecified atom stereocenters. The fraction of sp³-hybridized carbons (Fsp3) is 0.389. The average molecular weight is 650 g/mol. The molecule has 0 radical (unpaired) electrons. The molecule has 0 heterocycles. The topological polar surface area (TPSA) is 182 Å². The fourth-order valence-electron chi connectivity index (χ4n) is 5.84. The summed E-state index contributed by atoms with van der Waals surface area (Å²) in [5, 5.41) is 51.5. The minimum absolute atomic E-state index is 0.295. The van der Waals surface area contributed by atoms with Crippen LogP contribution in [0.15, 0.2) is 72.8 Å². The van der Waals surface area contributed by atoms with Crippen molar-refractivity contribution in [2.75, 3.05) is 27.7 Å².